The van der Waals surface area contributed by atoms with Crippen LogP contribution in [0.4, 0.5) is 0 Å². The molecule has 0 saturated heterocycles. The molecule has 1 aliphatic carbocycles. The molecule has 0 spiro atoms. The Kier molecular flexibility index (Phi) is 11.8. The van der Waals surface area contributed by atoms with E-state index in [1.807, 2.05) is 23.0 Å². The van der Waals surface area contributed by atoms with Gasteiger partial charge in [0.15, 0.2) is 0 Å². The van der Waals surface area contributed by atoms with Crippen LogP contribution in [0.2, 0.25) is 0 Å². The Bertz CT molecular complexity index is 644. The van der Waals surface area contributed by atoms with E-state index in [2.05, 4.69) is 19.9 Å². The number of nitrogens with one attached hydrogen (secondary N) is 1. The zero-order chi connectivity index (χ0) is 21.9. The van der Waals surface area contributed by atoms with Crippen LogP contribution in [0.25, 0.3) is 0 Å². The van der Waals surface area contributed by atoms with Crippen LogP contribution in [-0.2, 0) is 14.8 Å². The van der Waals surface area contributed by atoms with E-state index in [-0.39, 0.29) is 24.4 Å². The van der Waals surface area contributed by atoms with Crippen LogP contribution in [0.1, 0.15) is 71.6 Å². The van der Waals surface area contributed by atoms with Gasteiger partial charge in [-0.3, -0.25) is 9.52 Å². The summed E-state index contributed by atoms with van der Waals surface area (Å²) in [7, 11) is -3.49. The van der Waals surface area contributed by atoms with Gasteiger partial charge in [0.25, 0.3) is 0 Å². The molecule has 168 valence electrons. The van der Waals surface area contributed by atoms with Crippen molar-refractivity contribution in [3.8, 4) is 0 Å². The minimum Gasteiger partial charge on any atom is -0.393 e. The molecular formula is C22H39NO5S. The maximum absolute atomic E-state index is 11.5. The Morgan fingerprint density at radius 3 is 2.62 bits per heavy atom. The quantitative estimate of drug-likeness (QED) is 0.308. The molecule has 0 bridgehead atoms. The van der Waals surface area contributed by atoms with Gasteiger partial charge >= 0.3 is 0 Å². The van der Waals surface area contributed by atoms with E-state index >= 15 is 0 Å². The number of sulfonamides is 1. The average Bonchev–Trinajstić information content (AvgIpc) is 2.87. The lowest BCUT2D eigenvalue weighted by molar-refractivity contribution is -0.119. The van der Waals surface area contributed by atoms with E-state index in [1.54, 1.807) is 0 Å². The number of carbonyl (C=O) groups excluding carboxylic acids is 1. The van der Waals surface area contributed by atoms with Gasteiger partial charge in [0.2, 0.25) is 15.9 Å². The highest BCUT2D eigenvalue weighted by molar-refractivity contribution is 7.89. The van der Waals surface area contributed by atoms with E-state index in [9.17, 15) is 23.4 Å². The number of hydrogen-bond acceptors (Lipinski definition) is 5. The van der Waals surface area contributed by atoms with Crippen molar-refractivity contribution in [1.82, 2.24) is 4.72 Å². The van der Waals surface area contributed by atoms with Gasteiger partial charge in [-0.25, -0.2) is 8.42 Å². The third-order valence-electron chi connectivity index (χ3n) is 5.57. The fraction of sp³-hybridized carbons (Fsp3) is 0.773. The molecule has 0 aromatic rings. The lowest BCUT2D eigenvalue weighted by Crippen LogP contribution is -2.28. The molecular weight excluding hydrogens is 390 g/mol. The van der Waals surface area contributed by atoms with E-state index in [4.69, 9.17) is 0 Å². The van der Waals surface area contributed by atoms with Crippen molar-refractivity contribution in [3.63, 3.8) is 0 Å². The third-order valence-corrected chi connectivity index (χ3v) is 6.17. The van der Waals surface area contributed by atoms with E-state index in [1.165, 1.54) is 0 Å². The predicted molar refractivity (Wildman–Crippen MR) is 117 cm³/mol. The van der Waals surface area contributed by atoms with Gasteiger partial charge in [0.05, 0.1) is 18.5 Å². The van der Waals surface area contributed by atoms with Crippen LogP contribution in [0.5, 0.6) is 0 Å². The van der Waals surface area contributed by atoms with Crippen molar-refractivity contribution in [1.29, 1.82) is 0 Å². The molecule has 0 aliphatic heterocycles. The van der Waals surface area contributed by atoms with Crippen LogP contribution in [0.3, 0.4) is 0 Å². The first kappa shape index (κ1) is 25.9. The van der Waals surface area contributed by atoms with Crippen LogP contribution in [-0.4, -0.2) is 43.0 Å². The number of aliphatic hydroxyl groups excluding tert-OH is 2. The summed E-state index contributed by atoms with van der Waals surface area (Å²) in [6.07, 6.45) is 15.3. The van der Waals surface area contributed by atoms with Gasteiger partial charge in [-0.15, -0.1) is 0 Å². The summed E-state index contributed by atoms with van der Waals surface area (Å²) in [5.74, 6) is 0.274. The van der Waals surface area contributed by atoms with Gasteiger partial charge in [0.1, 0.15) is 0 Å². The fourth-order valence-corrected chi connectivity index (χ4v) is 4.52. The summed E-state index contributed by atoms with van der Waals surface area (Å²) >= 11 is 0. The summed E-state index contributed by atoms with van der Waals surface area (Å²) in [4.78, 5) is 11.5. The number of aliphatic hydroxyl groups is 2. The first-order valence-corrected chi connectivity index (χ1v) is 12.7. The van der Waals surface area contributed by atoms with Crippen molar-refractivity contribution in [2.24, 2.45) is 17.8 Å². The largest absolute Gasteiger partial charge is 0.393 e. The normalized spacial score (nSPS) is 26.4. The molecule has 5 atom stereocenters. The maximum Gasteiger partial charge on any atom is 0.233 e. The average molecular weight is 430 g/mol. The Morgan fingerprint density at radius 1 is 1.24 bits per heavy atom. The van der Waals surface area contributed by atoms with Gasteiger partial charge in [-0.1, -0.05) is 57.4 Å². The van der Waals surface area contributed by atoms with Gasteiger partial charge in [0, 0.05) is 6.42 Å². The van der Waals surface area contributed by atoms with Crippen molar-refractivity contribution in [3.05, 3.63) is 24.3 Å². The molecule has 1 amide bonds. The summed E-state index contributed by atoms with van der Waals surface area (Å²) in [6.45, 7) is 4.29. The van der Waals surface area contributed by atoms with E-state index < -0.39 is 22.0 Å². The van der Waals surface area contributed by atoms with Crippen molar-refractivity contribution in [2.75, 3.05) is 6.26 Å². The zero-order valence-electron chi connectivity index (χ0n) is 18.1. The highest BCUT2D eigenvalue weighted by atomic mass is 32.2. The first-order valence-electron chi connectivity index (χ1n) is 10.8. The first-order chi connectivity index (χ1) is 13.6. The Labute approximate surface area is 176 Å². The zero-order valence-corrected chi connectivity index (χ0v) is 18.9. The molecule has 1 rings (SSSR count). The van der Waals surface area contributed by atoms with Crippen LogP contribution >= 0.6 is 0 Å². The van der Waals surface area contributed by atoms with Crippen LogP contribution in [0.15, 0.2) is 24.3 Å². The lowest BCUT2D eigenvalue weighted by Gasteiger charge is -2.20. The SMILES string of the molecule is CCCCCC(O)/C=C/C1C(C)CC(O)C1C/C=C/CCCC(=O)NS(C)(=O)=O. The monoisotopic (exact) mass is 429 g/mol. The van der Waals surface area contributed by atoms with Gasteiger partial charge in [-0.05, 0) is 49.9 Å². The van der Waals surface area contributed by atoms with Crippen LogP contribution < -0.4 is 4.72 Å². The standard InChI is InChI=1S/C22H39NO5S/c1-4-5-8-11-18(24)14-15-19-17(2)16-21(25)20(19)12-9-6-7-10-13-22(26)23-29(3,27)28/h6,9,14-15,17-21,24-25H,4-5,7-8,10-13,16H2,1-3H3,(H,23,26)/b9-6+,15-14+. The predicted octanol–water partition coefficient (Wildman–Crippen LogP) is 3.31. The minimum atomic E-state index is -3.49. The molecule has 0 radical (unpaired) electrons. The highest BCUT2D eigenvalue weighted by Gasteiger charge is 2.37. The Hall–Kier alpha value is -1.18. The lowest BCUT2D eigenvalue weighted by atomic mass is 9.86. The molecule has 3 N–H and O–H groups in total. The van der Waals surface area contributed by atoms with Crippen LogP contribution in [0, 0.1) is 17.8 Å². The Balaban J connectivity index is 2.43. The number of allylic oxidation sites excluding steroid dienone is 3. The topological polar surface area (TPSA) is 104 Å². The maximum atomic E-state index is 11.5. The number of hydrogen-bond donors (Lipinski definition) is 3. The number of unbranched alkanes of at least 4 members (excludes halogenated alkanes) is 3. The molecule has 7 heteroatoms. The molecule has 5 unspecified atom stereocenters. The number of rotatable bonds is 13. The number of carbonyl (C=O) groups is 1. The smallest absolute Gasteiger partial charge is 0.233 e. The molecule has 1 saturated carbocycles. The van der Waals surface area contributed by atoms with E-state index in [0.717, 1.165) is 44.8 Å². The van der Waals surface area contributed by atoms with Crippen molar-refractivity contribution >= 4 is 15.9 Å². The van der Waals surface area contributed by atoms with Gasteiger partial charge < -0.3 is 10.2 Å². The van der Waals surface area contributed by atoms with Gasteiger partial charge in [-0.2, -0.15) is 0 Å². The summed E-state index contributed by atoms with van der Waals surface area (Å²) in [5, 5.41) is 20.5. The Morgan fingerprint density at radius 2 is 1.97 bits per heavy atom. The summed E-state index contributed by atoms with van der Waals surface area (Å²) < 4.78 is 23.9. The van der Waals surface area contributed by atoms with Crippen molar-refractivity contribution in [2.45, 2.75) is 83.8 Å². The molecule has 1 aliphatic rings. The summed E-state index contributed by atoms with van der Waals surface area (Å²) in [5.41, 5.74) is 0. The molecule has 1 fully saturated rings. The number of amides is 1. The molecule has 0 aromatic carbocycles. The second-order valence-corrected chi connectivity index (χ2v) is 10.1. The summed E-state index contributed by atoms with van der Waals surface area (Å²) in [6, 6.07) is 0. The fourth-order valence-electron chi connectivity index (χ4n) is 4.00. The third kappa shape index (κ3) is 11.0. The second kappa shape index (κ2) is 13.2. The molecule has 0 aromatic heterocycles. The van der Waals surface area contributed by atoms with Crippen molar-refractivity contribution < 1.29 is 23.4 Å². The minimum absolute atomic E-state index is 0.133. The second-order valence-electron chi connectivity index (χ2n) is 8.37. The van der Waals surface area contributed by atoms with E-state index in [0.29, 0.717) is 18.8 Å². The molecule has 0 heterocycles. The molecule has 29 heavy (non-hydrogen) atoms. The molecule has 6 nitrogen and oxygen atoms in total. The highest BCUT2D eigenvalue weighted by Crippen LogP contribution is 2.40.